The van der Waals surface area contributed by atoms with Crippen LogP contribution in [0, 0.1) is 36.0 Å². The Labute approximate surface area is 212 Å². The molecule has 0 saturated carbocycles. The number of hydrogen-bond donors (Lipinski definition) is 0. The summed E-state index contributed by atoms with van der Waals surface area (Å²) < 4.78 is 74.9. The topological polar surface area (TPSA) is 41.9 Å². The molecule has 4 rings (SSSR count). The Balaban J connectivity index is 1.63. The van der Waals surface area contributed by atoms with Crippen LogP contribution in [0.25, 0.3) is 6.08 Å². The van der Waals surface area contributed by atoms with Gasteiger partial charge in [0, 0.05) is 0 Å². The maximum Gasteiger partial charge on any atom is 0.280 e. The molecule has 0 spiro atoms. The minimum atomic E-state index is -2.34. The summed E-state index contributed by atoms with van der Waals surface area (Å²) in [5, 5.41) is 4.06. The monoisotopic (exact) mass is 540 g/mol. The SMILES string of the molecule is CC1=NN(c2c(F)c(F)c(F)c(F)c2F)C(=O)/C1=C/c1cc(Cl)c(OCc2cccc(C)c2)c(Cl)c1. The molecule has 0 fully saturated rings. The molecule has 1 heterocycles. The van der Waals surface area contributed by atoms with Gasteiger partial charge < -0.3 is 4.74 Å². The van der Waals surface area contributed by atoms with Crippen molar-refractivity contribution in [3.8, 4) is 5.75 Å². The first kappa shape index (κ1) is 25.7. The van der Waals surface area contributed by atoms with Crippen LogP contribution < -0.4 is 9.75 Å². The molecule has 0 bridgehead atoms. The van der Waals surface area contributed by atoms with E-state index in [9.17, 15) is 26.7 Å². The van der Waals surface area contributed by atoms with Gasteiger partial charge in [0.1, 0.15) is 12.3 Å². The number of benzene rings is 3. The zero-order valence-electron chi connectivity index (χ0n) is 18.6. The fourth-order valence-corrected chi connectivity index (χ4v) is 4.15. The number of hydrogen-bond acceptors (Lipinski definition) is 3. The predicted octanol–water partition coefficient (Wildman–Crippen LogP) is 7.38. The number of hydrazone groups is 1. The number of rotatable bonds is 5. The third kappa shape index (κ3) is 4.68. The second-order valence-corrected chi connectivity index (χ2v) is 8.68. The molecule has 36 heavy (non-hydrogen) atoms. The van der Waals surface area contributed by atoms with Gasteiger partial charge in [-0.05, 0) is 43.2 Å². The van der Waals surface area contributed by atoms with Crippen LogP contribution in [-0.2, 0) is 11.4 Å². The number of halogens is 7. The van der Waals surface area contributed by atoms with Crippen molar-refractivity contribution >= 4 is 46.6 Å². The summed E-state index contributed by atoms with van der Waals surface area (Å²) in [6.45, 7) is 3.47. The molecule has 0 unspecified atom stereocenters. The lowest BCUT2D eigenvalue weighted by Crippen LogP contribution is -2.25. The lowest BCUT2D eigenvalue weighted by molar-refractivity contribution is -0.114. The number of carbonyl (C=O) groups excluding carboxylic acids is 1. The molecular weight excluding hydrogens is 526 g/mol. The second kappa shape index (κ2) is 9.91. The van der Waals surface area contributed by atoms with Gasteiger partial charge in [0.2, 0.25) is 5.82 Å². The van der Waals surface area contributed by atoms with E-state index in [0.717, 1.165) is 11.1 Å². The molecule has 4 nitrogen and oxygen atoms in total. The van der Waals surface area contributed by atoms with Crippen LogP contribution in [0.1, 0.15) is 23.6 Å². The smallest absolute Gasteiger partial charge is 0.280 e. The van der Waals surface area contributed by atoms with Crippen molar-refractivity contribution in [1.29, 1.82) is 0 Å². The highest BCUT2D eigenvalue weighted by molar-refractivity contribution is 6.37. The molecule has 0 N–H and O–H groups in total. The predicted molar refractivity (Wildman–Crippen MR) is 127 cm³/mol. The molecule has 0 aliphatic carbocycles. The number of carbonyl (C=O) groups is 1. The van der Waals surface area contributed by atoms with Gasteiger partial charge in [-0.15, -0.1) is 0 Å². The minimum Gasteiger partial charge on any atom is -0.486 e. The van der Waals surface area contributed by atoms with Crippen molar-refractivity contribution in [2.75, 3.05) is 5.01 Å². The molecule has 3 aromatic rings. The normalized spacial score (nSPS) is 14.6. The van der Waals surface area contributed by atoms with E-state index in [0.29, 0.717) is 5.56 Å². The van der Waals surface area contributed by atoms with Crippen LogP contribution in [-0.4, -0.2) is 11.6 Å². The lowest BCUT2D eigenvalue weighted by atomic mass is 10.1. The quantitative estimate of drug-likeness (QED) is 0.146. The zero-order valence-corrected chi connectivity index (χ0v) is 20.1. The average molecular weight is 541 g/mol. The fraction of sp³-hybridized carbons (Fsp3) is 0.120. The molecule has 3 aromatic carbocycles. The van der Waals surface area contributed by atoms with Crippen LogP contribution in [0.15, 0.2) is 47.1 Å². The van der Waals surface area contributed by atoms with Gasteiger partial charge in [-0.2, -0.15) is 10.1 Å². The Morgan fingerprint density at radius 1 is 0.917 bits per heavy atom. The molecule has 0 aromatic heterocycles. The molecule has 1 aliphatic heterocycles. The van der Waals surface area contributed by atoms with Crippen LogP contribution in [0.3, 0.4) is 0 Å². The van der Waals surface area contributed by atoms with Gasteiger partial charge in [-0.1, -0.05) is 53.0 Å². The van der Waals surface area contributed by atoms with Crippen molar-refractivity contribution in [2.24, 2.45) is 5.10 Å². The van der Waals surface area contributed by atoms with Gasteiger partial charge in [0.15, 0.2) is 29.0 Å². The highest BCUT2D eigenvalue weighted by Gasteiger charge is 2.37. The van der Waals surface area contributed by atoms with Crippen molar-refractivity contribution in [2.45, 2.75) is 20.5 Å². The van der Waals surface area contributed by atoms with E-state index in [1.54, 1.807) is 0 Å². The summed E-state index contributed by atoms with van der Waals surface area (Å²) in [4.78, 5) is 12.8. The Morgan fingerprint density at radius 3 is 2.08 bits per heavy atom. The Hall–Kier alpha value is -3.43. The van der Waals surface area contributed by atoms with Crippen molar-refractivity contribution < 1.29 is 31.5 Å². The molecule has 1 amide bonds. The summed E-state index contributed by atoms with van der Waals surface area (Å²) in [5.41, 5.74) is 0.578. The van der Waals surface area contributed by atoms with E-state index in [2.05, 4.69) is 5.10 Å². The Morgan fingerprint density at radius 2 is 1.50 bits per heavy atom. The Bertz CT molecular complexity index is 1420. The number of aryl methyl sites for hydroxylation is 1. The van der Waals surface area contributed by atoms with Crippen molar-refractivity contribution in [1.82, 2.24) is 0 Å². The maximum absolute atomic E-state index is 14.2. The number of amides is 1. The first-order chi connectivity index (χ1) is 17.0. The van der Waals surface area contributed by atoms with E-state index >= 15 is 0 Å². The van der Waals surface area contributed by atoms with Crippen molar-refractivity contribution in [3.63, 3.8) is 0 Å². The average Bonchev–Trinajstić information content (AvgIpc) is 3.09. The number of anilines is 1. The van der Waals surface area contributed by atoms with Crippen LogP contribution in [0.4, 0.5) is 27.6 Å². The molecule has 186 valence electrons. The van der Waals surface area contributed by atoms with E-state index in [4.69, 9.17) is 27.9 Å². The highest BCUT2D eigenvalue weighted by Crippen LogP contribution is 2.37. The van der Waals surface area contributed by atoms with Crippen LogP contribution >= 0.6 is 23.2 Å². The molecule has 1 aliphatic rings. The van der Waals surface area contributed by atoms with E-state index in [1.165, 1.54) is 25.1 Å². The third-order valence-corrected chi connectivity index (χ3v) is 5.82. The molecule has 11 heteroatoms. The molecule has 0 atom stereocenters. The standard InChI is InChI=1S/C25H15Cl2F5N2O2/c1-11-4-3-5-13(6-11)10-36-24-16(26)8-14(9-17(24)27)7-15-12(2)33-34(25(15)35)23-21(31)19(29)18(28)20(30)22(23)32/h3-9H,10H2,1-2H3/b15-7+. The lowest BCUT2D eigenvalue weighted by Gasteiger charge is -2.15. The maximum atomic E-state index is 14.2. The molecule has 0 saturated heterocycles. The van der Waals surface area contributed by atoms with Crippen LogP contribution in [0.2, 0.25) is 10.0 Å². The van der Waals surface area contributed by atoms with E-state index in [-0.39, 0.29) is 38.7 Å². The molecule has 0 radical (unpaired) electrons. The van der Waals surface area contributed by atoms with Gasteiger partial charge in [-0.25, -0.2) is 22.0 Å². The first-order valence-electron chi connectivity index (χ1n) is 10.3. The zero-order chi connectivity index (χ0) is 26.3. The summed E-state index contributed by atoms with van der Waals surface area (Å²) >= 11 is 12.6. The second-order valence-electron chi connectivity index (χ2n) is 7.87. The van der Waals surface area contributed by atoms with Gasteiger partial charge in [-0.3, -0.25) is 4.79 Å². The summed E-state index contributed by atoms with van der Waals surface area (Å²) in [6.07, 6.45) is 1.27. The minimum absolute atomic E-state index is 0.0315. The number of nitrogens with zero attached hydrogens (tertiary/aromatic N) is 2. The fourth-order valence-electron chi connectivity index (χ4n) is 3.54. The number of ether oxygens (including phenoxy) is 1. The summed E-state index contributed by atoms with van der Waals surface area (Å²) in [7, 11) is 0. The largest absolute Gasteiger partial charge is 0.486 e. The van der Waals surface area contributed by atoms with Gasteiger partial charge in [0.05, 0.1) is 21.3 Å². The Kier molecular flexibility index (Phi) is 7.06. The summed E-state index contributed by atoms with van der Waals surface area (Å²) in [6, 6.07) is 10.5. The van der Waals surface area contributed by atoms with Crippen molar-refractivity contribution in [3.05, 3.63) is 97.8 Å². The van der Waals surface area contributed by atoms with Gasteiger partial charge >= 0.3 is 0 Å². The first-order valence-corrected chi connectivity index (χ1v) is 11.1. The third-order valence-electron chi connectivity index (χ3n) is 5.26. The van der Waals surface area contributed by atoms with Gasteiger partial charge in [0.25, 0.3) is 5.91 Å². The van der Waals surface area contributed by atoms with E-state index < -0.39 is 40.7 Å². The molecular formula is C25H15Cl2F5N2O2. The van der Waals surface area contributed by atoms with Crippen LogP contribution in [0.5, 0.6) is 5.75 Å². The summed E-state index contributed by atoms with van der Waals surface area (Å²) in [5.74, 6) is -12.0. The highest BCUT2D eigenvalue weighted by atomic mass is 35.5. The van der Waals surface area contributed by atoms with E-state index in [1.807, 2.05) is 31.2 Å².